The summed E-state index contributed by atoms with van der Waals surface area (Å²) in [4.78, 5) is 11.5. The SMILES string of the molecule is C=C(C)C(=O)CC(C)c1ccc(N)cc1. The lowest BCUT2D eigenvalue weighted by molar-refractivity contribution is -0.115. The van der Waals surface area contributed by atoms with Crippen molar-refractivity contribution < 1.29 is 4.79 Å². The predicted octanol–water partition coefficient (Wildman–Crippen LogP) is 2.91. The smallest absolute Gasteiger partial charge is 0.158 e. The zero-order valence-electron chi connectivity index (χ0n) is 9.29. The number of hydrogen-bond acceptors (Lipinski definition) is 2. The molecule has 0 spiro atoms. The van der Waals surface area contributed by atoms with Crippen LogP contribution in [0.15, 0.2) is 36.4 Å². The first kappa shape index (κ1) is 11.5. The van der Waals surface area contributed by atoms with Gasteiger partial charge in [-0.05, 0) is 36.1 Å². The molecule has 80 valence electrons. The highest BCUT2D eigenvalue weighted by molar-refractivity contribution is 5.94. The van der Waals surface area contributed by atoms with Crippen molar-refractivity contribution in [1.29, 1.82) is 0 Å². The second-order valence-electron chi connectivity index (χ2n) is 3.98. The molecule has 2 N–H and O–H groups in total. The van der Waals surface area contributed by atoms with Gasteiger partial charge in [-0.2, -0.15) is 0 Å². The number of Topliss-reactive ketones (excluding diaryl/α,β-unsaturated/α-hetero) is 1. The van der Waals surface area contributed by atoms with Gasteiger partial charge in [-0.15, -0.1) is 0 Å². The number of allylic oxidation sites excluding steroid dienone is 1. The van der Waals surface area contributed by atoms with Crippen LogP contribution in [0, 0.1) is 0 Å². The maximum atomic E-state index is 11.5. The van der Waals surface area contributed by atoms with Crippen molar-refractivity contribution in [1.82, 2.24) is 0 Å². The average molecular weight is 203 g/mol. The van der Waals surface area contributed by atoms with Crippen LogP contribution in [0.5, 0.6) is 0 Å². The standard InChI is InChI=1S/C13H17NO/c1-9(2)13(15)8-10(3)11-4-6-12(14)7-5-11/h4-7,10H,1,8,14H2,2-3H3. The second kappa shape index (κ2) is 4.78. The first-order valence-electron chi connectivity index (χ1n) is 5.05. The third-order valence-corrected chi connectivity index (χ3v) is 2.47. The van der Waals surface area contributed by atoms with Crippen LogP contribution < -0.4 is 5.73 Å². The van der Waals surface area contributed by atoms with E-state index in [9.17, 15) is 4.79 Å². The van der Waals surface area contributed by atoms with Crippen LogP contribution in [0.1, 0.15) is 31.7 Å². The lowest BCUT2D eigenvalue weighted by Gasteiger charge is -2.11. The van der Waals surface area contributed by atoms with Gasteiger partial charge in [-0.25, -0.2) is 0 Å². The number of carbonyl (C=O) groups is 1. The fourth-order valence-electron chi connectivity index (χ4n) is 1.39. The third-order valence-electron chi connectivity index (χ3n) is 2.47. The van der Waals surface area contributed by atoms with Crippen molar-refractivity contribution >= 4 is 11.5 Å². The van der Waals surface area contributed by atoms with E-state index in [1.54, 1.807) is 6.92 Å². The van der Waals surface area contributed by atoms with Gasteiger partial charge in [0.05, 0.1) is 0 Å². The molecule has 0 saturated heterocycles. The van der Waals surface area contributed by atoms with E-state index in [0.29, 0.717) is 12.0 Å². The molecule has 2 nitrogen and oxygen atoms in total. The minimum Gasteiger partial charge on any atom is -0.399 e. The van der Waals surface area contributed by atoms with Crippen LogP contribution in [0.4, 0.5) is 5.69 Å². The Kier molecular flexibility index (Phi) is 3.67. The molecule has 0 radical (unpaired) electrons. The molecule has 0 bridgehead atoms. The Morgan fingerprint density at radius 2 is 1.93 bits per heavy atom. The molecule has 1 aromatic carbocycles. The van der Waals surface area contributed by atoms with E-state index in [2.05, 4.69) is 6.58 Å². The van der Waals surface area contributed by atoms with Gasteiger partial charge in [0.15, 0.2) is 5.78 Å². The summed E-state index contributed by atoms with van der Waals surface area (Å²) in [5.74, 6) is 0.342. The molecule has 1 aromatic rings. The quantitative estimate of drug-likeness (QED) is 0.604. The Morgan fingerprint density at radius 3 is 2.40 bits per heavy atom. The van der Waals surface area contributed by atoms with Gasteiger partial charge in [0.1, 0.15) is 0 Å². The molecule has 2 heteroatoms. The summed E-state index contributed by atoms with van der Waals surface area (Å²) in [5, 5.41) is 0. The minimum atomic E-state index is 0.124. The third kappa shape index (κ3) is 3.24. The summed E-state index contributed by atoms with van der Waals surface area (Å²) < 4.78 is 0. The van der Waals surface area contributed by atoms with Crippen LogP contribution in [0.2, 0.25) is 0 Å². The van der Waals surface area contributed by atoms with E-state index in [1.807, 2.05) is 31.2 Å². The zero-order chi connectivity index (χ0) is 11.4. The number of nitrogens with two attached hydrogens (primary N) is 1. The molecule has 1 unspecified atom stereocenters. The van der Waals surface area contributed by atoms with Crippen molar-refractivity contribution in [3.63, 3.8) is 0 Å². The monoisotopic (exact) mass is 203 g/mol. The highest BCUT2D eigenvalue weighted by Crippen LogP contribution is 2.21. The van der Waals surface area contributed by atoms with E-state index in [0.717, 1.165) is 11.3 Å². The van der Waals surface area contributed by atoms with Crippen molar-refractivity contribution in [2.45, 2.75) is 26.2 Å². The molecular weight excluding hydrogens is 186 g/mol. The number of carbonyl (C=O) groups excluding carboxylic acids is 1. The van der Waals surface area contributed by atoms with Crippen LogP contribution in [0.3, 0.4) is 0 Å². The van der Waals surface area contributed by atoms with E-state index < -0.39 is 0 Å². The number of ketones is 1. The van der Waals surface area contributed by atoms with E-state index in [1.165, 1.54) is 0 Å². The van der Waals surface area contributed by atoms with E-state index in [-0.39, 0.29) is 11.7 Å². The maximum absolute atomic E-state index is 11.5. The summed E-state index contributed by atoms with van der Waals surface area (Å²) >= 11 is 0. The van der Waals surface area contributed by atoms with E-state index in [4.69, 9.17) is 5.73 Å². The number of benzene rings is 1. The van der Waals surface area contributed by atoms with Gasteiger partial charge in [-0.1, -0.05) is 25.6 Å². The number of nitrogen functional groups attached to an aromatic ring is 1. The molecule has 0 aliphatic carbocycles. The summed E-state index contributed by atoms with van der Waals surface area (Å²) in [6.07, 6.45) is 0.513. The fourth-order valence-corrected chi connectivity index (χ4v) is 1.39. The molecule has 0 aliphatic rings. The van der Waals surface area contributed by atoms with Crippen LogP contribution in [-0.2, 0) is 4.79 Å². The number of rotatable bonds is 4. The fraction of sp³-hybridized carbons (Fsp3) is 0.308. The summed E-state index contributed by atoms with van der Waals surface area (Å²) in [6, 6.07) is 7.64. The second-order valence-corrected chi connectivity index (χ2v) is 3.98. The molecule has 1 rings (SSSR count). The lowest BCUT2D eigenvalue weighted by Crippen LogP contribution is -2.04. The maximum Gasteiger partial charge on any atom is 0.158 e. The van der Waals surface area contributed by atoms with Crippen molar-refractivity contribution in [2.75, 3.05) is 5.73 Å². The molecular formula is C13H17NO. The normalized spacial score (nSPS) is 12.1. The Morgan fingerprint density at radius 1 is 1.40 bits per heavy atom. The average Bonchev–Trinajstić information content (AvgIpc) is 2.18. The van der Waals surface area contributed by atoms with Gasteiger partial charge in [0.25, 0.3) is 0 Å². The van der Waals surface area contributed by atoms with Crippen molar-refractivity contribution in [3.05, 3.63) is 42.0 Å². The van der Waals surface area contributed by atoms with E-state index >= 15 is 0 Å². The van der Waals surface area contributed by atoms with Gasteiger partial charge >= 0.3 is 0 Å². The van der Waals surface area contributed by atoms with Crippen LogP contribution in [0.25, 0.3) is 0 Å². The first-order chi connectivity index (χ1) is 7.00. The number of anilines is 1. The highest BCUT2D eigenvalue weighted by Gasteiger charge is 2.11. The molecule has 1 atom stereocenters. The largest absolute Gasteiger partial charge is 0.399 e. The van der Waals surface area contributed by atoms with Crippen LogP contribution >= 0.6 is 0 Å². The number of hydrogen-bond donors (Lipinski definition) is 1. The van der Waals surface area contributed by atoms with Gasteiger partial charge < -0.3 is 5.73 Å². The Bertz CT molecular complexity index is 365. The van der Waals surface area contributed by atoms with Gasteiger partial charge in [0, 0.05) is 12.1 Å². The first-order valence-corrected chi connectivity index (χ1v) is 5.05. The predicted molar refractivity (Wildman–Crippen MR) is 63.7 cm³/mol. The van der Waals surface area contributed by atoms with Crippen LogP contribution in [-0.4, -0.2) is 5.78 Å². The topological polar surface area (TPSA) is 43.1 Å². The molecule has 0 saturated carbocycles. The molecule has 0 aliphatic heterocycles. The van der Waals surface area contributed by atoms with Crippen molar-refractivity contribution in [2.24, 2.45) is 0 Å². The molecule has 0 aromatic heterocycles. The highest BCUT2D eigenvalue weighted by atomic mass is 16.1. The summed E-state index contributed by atoms with van der Waals surface area (Å²) in [6.45, 7) is 7.43. The minimum absolute atomic E-state index is 0.124. The van der Waals surface area contributed by atoms with Crippen molar-refractivity contribution in [3.8, 4) is 0 Å². The Labute approximate surface area is 90.8 Å². The molecule has 15 heavy (non-hydrogen) atoms. The summed E-state index contributed by atoms with van der Waals surface area (Å²) in [7, 11) is 0. The Hall–Kier alpha value is -1.57. The summed E-state index contributed by atoms with van der Waals surface area (Å²) in [5.41, 5.74) is 8.10. The zero-order valence-corrected chi connectivity index (χ0v) is 9.29. The molecule has 0 fully saturated rings. The van der Waals surface area contributed by atoms with Gasteiger partial charge in [-0.3, -0.25) is 4.79 Å². The lowest BCUT2D eigenvalue weighted by atomic mass is 9.94. The molecule has 0 heterocycles. The molecule has 0 amide bonds. The van der Waals surface area contributed by atoms with Gasteiger partial charge in [0.2, 0.25) is 0 Å². The Balaban J connectivity index is 2.69.